The minimum Gasteiger partial charge on any atom is -0.463 e. The van der Waals surface area contributed by atoms with E-state index < -0.39 is 12.2 Å². The van der Waals surface area contributed by atoms with Gasteiger partial charge in [0.1, 0.15) is 25.4 Å². The monoisotopic (exact) mass is 695 g/mol. The van der Waals surface area contributed by atoms with Gasteiger partial charge in [0, 0.05) is 12.8 Å². The van der Waals surface area contributed by atoms with E-state index in [-0.39, 0.29) is 38.4 Å². The van der Waals surface area contributed by atoms with Gasteiger partial charge in [-0.25, -0.2) is 0 Å². The Morgan fingerprint density at radius 3 is 1.04 bits per heavy atom. The van der Waals surface area contributed by atoms with Gasteiger partial charge in [0.05, 0.1) is 13.2 Å². The predicted octanol–water partition coefficient (Wildman–Crippen LogP) is 10.9. The van der Waals surface area contributed by atoms with Gasteiger partial charge < -0.3 is 24.4 Å². The van der Waals surface area contributed by atoms with Crippen molar-refractivity contribution in [1.82, 2.24) is 0 Å². The van der Waals surface area contributed by atoms with Crippen LogP contribution in [0.15, 0.2) is 24.3 Å². The molecular weight excluding hydrogens is 616 g/mol. The molecule has 0 aromatic rings. The highest BCUT2D eigenvalue weighted by molar-refractivity contribution is 5.69. The Labute approximate surface area is 302 Å². The molecule has 0 saturated carbocycles. The first-order valence-corrected chi connectivity index (χ1v) is 20.6. The summed E-state index contributed by atoms with van der Waals surface area (Å²) in [7, 11) is 0. The summed E-state index contributed by atoms with van der Waals surface area (Å²) < 4.78 is 16.2. The van der Waals surface area contributed by atoms with E-state index in [0.29, 0.717) is 12.8 Å². The van der Waals surface area contributed by atoms with Gasteiger partial charge in [0.2, 0.25) is 0 Å². The van der Waals surface area contributed by atoms with Crippen LogP contribution >= 0.6 is 0 Å². The largest absolute Gasteiger partial charge is 0.463 e. The summed E-state index contributed by atoms with van der Waals surface area (Å²) >= 11 is 0. The van der Waals surface area contributed by atoms with Crippen molar-refractivity contribution in [3.63, 3.8) is 0 Å². The second-order valence-corrected chi connectivity index (χ2v) is 13.8. The van der Waals surface area contributed by atoms with Crippen molar-refractivity contribution in [2.24, 2.45) is 0 Å². The molecule has 0 aliphatic heterocycles. The Morgan fingerprint density at radius 1 is 0.449 bits per heavy atom. The zero-order valence-corrected chi connectivity index (χ0v) is 32.0. The highest BCUT2D eigenvalue weighted by Crippen LogP contribution is 2.13. The van der Waals surface area contributed by atoms with E-state index in [0.717, 1.165) is 51.4 Å². The Balaban J connectivity index is 3.76. The van der Waals surface area contributed by atoms with Crippen molar-refractivity contribution in [2.45, 2.75) is 206 Å². The van der Waals surface area contributed by atoms with Crippen LogP contribution in [-0.4, -0.2) is 60.8 Å². The number of aliphatic hydroxyl groups excluding tert-OH is 2. The Morgan fingerprint density at radius 2 is 0.735 bits per heavy atom. The summed E-state index contributed by atoms with van der Waals surface area (Å²) in [4.78, 5) is 24.3. The standard InChI is InChI=1S/C42H78O7/c1-3-5-7-9-11-13-15-17-19-21-23-25-27-29-31-33-41(45)47-37-39(35-43)49-40(36-44)38-48-42(46)34-32-30-28-26-24-22-20-18-16-14-12-10-8-6-4-2/h17-20,39-40,43-44H,3-16,21-38H2,1-2H3/b19-17-,20-18-. The molecular formula is C42H78O7. The second-order valence-electron chi connectivity index (χ2n) is 13.8. The fourth-order valence-electron chi connectivity index (χ4n) is 5.74. The van der Waals surface area contributed by atoms with Crippen molar-refractivity contribution in [3.05, 3.63) is 24.3 Å². The number of allylic oxidation sites excluding steroid dienone is 4. The fourth-order valence-corrected chi connectivity index (χ4v) is 5.74. The number of aliphatic hydroxyl groups is 2. The quantitative estimate of drug-likeness (QED) is 0.0377. The number of carbonyl (C=O) groups is 2. The van der Waals surface area contributed by atoms with Crippen molar-refractivity contribution in [3.8, 4) is 0 Å². The first-order valence-electron chi connectivity index (χ1n) is 20.6. The molecule has 0 saturated heterocycles. The summed E-state index contributed by atoms with van der Waals surface area (Å²) in [6.07, 6.45) is 39.6. The van der Waals surface area contributed by atoms with Crippen molar-refractivity contribution >= 4 is 11.9 Å². The molecule has 0 aromatic heterocycles. The number of hydrogen-bond acceptors (Lipinski definition) is 7. The van der Waals surface area contributed by atoms with Crippen molar-refractivity contribution in [2.75, 3.05) is 26.4 Å². The van der Waals surface area contributed by atoms with E-state index in [2.05, 4.69) is 38.2 Å². The highest BCUT2D eigenvalue weighted by atomic mass is 16.6. The molecule has 0 bridgehead atoms. The smallest absolute Gasteiger partial charge is 0.305 e. The van der Waals surface area contributed by atoms with Gasteiger partial charge in [0.25, 0.3) is 0 Å². The first kappa shape index (κ1) is 47.3. The Hall–Kier alpha value is -1.70. The van der Waals surface area contributed by atoms with Crippen LogP contribution in [0.25, 0.3) is 0 Å². The third kappa shape index (κ3) is 35.9. The molecule has 7 heteroatoms. The number of rotatable bonds is 38. The molecule has 288 valence electrons. The number of hydrogen-bond donors (Lipinski definition) is 2. The average molecular weight is 695 g/mol. The topological polar surface area (TPSA) is 102 Å². The predicted molar refractivity (Wildman–Crippen MR) is 204 cm³/mol. The fraction of sp³-hybridized carbons (Fsp3) is 0.857. The number of ether oxygens (including phenoxy) is 3. The maximum absolute atomic E-state index is 12.2. The van der Waals surface area contributed by atoms with Gasteiger partial charge in [-0.2, -0.15) is 0 Å². The minimum atomic E-state index is -0.778. The third-order valence-electron chi connectivity index (χ3n) is 8.94. The number of esters is 2. The summed E-state index contributed by atoms with van der Waals surface area (Å²) in [5.74, 6) is -0.627. The van der Waals surface area contributed by atoms with Crippen LogP contribution in [0.1, 0.15) is 194 Å². The maximum atomic E-state index is 12.2. The molecule has 0 rings (SSSR count). The lowest BCUT2D eigenvalue weighted by molar-refractivity contribution is -0.160. The molecule has 0 heterocycles. The molecule has 0 radical (unpaired) electrons. The van der Waals surface area contributed by atoms with Gasteiger partial charge in [-0.3, -0.25) is 9.59 Å². The highest BCUT2D eigenvalue weighted by Gasteiger charge is 2.19. The van der Waals surface area contributed by atoms with Gasteiger partial charge in [0.15, 0.2) is 0 Å². The summed E-state index contributed by atoms with van der Waals surface area (Å²) in [5.41, 5.74) is 0. The Kier molecular flexibility index (Phi) is 37.7. The van der Waals surface area contributed by atoms with Crippen LogP contribution in [0.3, 0.4) is 0 Å². The van der Waals surface area contributed by atoms with Gasteiger partial charge in [-0.1, -0.05) is 141 Å². The van der Waals surface area contributed by atoms with E-state index >= 15 is 0 Å². The first-order chi connectivity index (χ1) is 24.1. The third-order valence-corrected chi connectivity index (χ3v) is 8.94. The molecule has 2 atom stereocenters. The lowest BCUT2D eigenvalue weighted by atomic mass is 10.1. The van der Waals surface area contributed by atoms with Crippen LogP contribution in [0.4, 0.5) is 0 Å². The molecule has 7 nitrogen and oxygen atoms in total. The van der Waals surface area contributed by atoms with Gasteiger partial charge in [-0.15, -0.1) is 0 Å². The maximum Gasteiger partial charge on any atom is 0.305 e. The molecule has 0 amide bonds. The summed E-state index contributed by atoms with van der Waals surface area (Å²) in [5, 5.41) is 19.3. The minimum absolute atomic E-state index is 0.0974. The van der Waals surface area contributed by atoms with E-state index in [9.17, 15) is 19.8 Å². The number of carbonyl (C=O) groups excluding carboxylic acids is 2. The lowest BCUT2D eigenvalue weighted by Gasteiger charge is -2.22. The van der Waals surface area contributed by atoms with Crippen LogP contribution in [0.5, 0.6) is 0 Å². The zero-order chi connectivity index (χ0) is 35.9. The van der Waals surface area contributed by atoms with E-state index in [4.69, 9.17) is 14.2 Å². The summed E-state index contributed by atoms with van der Waals surface area (Å²) in [6, 6.07) is 0. The van der Waals surface area contributed by atoms with Gasteiger partial charge in [-0.05, 0) is 64.2 Å². The van der Waals surface area contributed by atoms with Crippen LogP contribution in [0, 0.1) is 0 Å². The molecule has 49 heavy (non-hydrogen) atoms. The molecule has 0 fully saturated rings. The van der Waals surface area contributed by atoms with Crippen LogP contribution in [-0.2, 0) is 23.8 Å². The molecule has 0 aliphatic carbocycles. The second kappa shape index (κ2) is 39.1. The van der Waals surface area contributed by atoms with Crippen molar-refractivity contribution in [1.29, 1.82) is 0 Å². The summed E-state index contributed by atoms with van der Waals surface area (Å²) in [6.45, 7) is 3.59. The van der Waals surface area contributed by atoms with E-state index in [1.54, 1.807) is 0 Å². The van der Waals surface area contributed by atoms with E-state index in [1.807, 2.05) is 0 Å². The lowest BCUT2D eigenvalue weighted by Crippen LogP contribution is -2.35. The molecule has 0 aliphatic rings. The Bertz CT molecular complexity index is 704. The van der Waals surface area contributed by atoms with Crippen LogP contribution < -0.4 is 0 Å². The molecule has 0 spiro atoms. The molecule has 2 unspecified atom stereocenters. The average Bonchev–Trinajstić information content (AvgIpc) is 3.11. The normalized spacial score (nSPS) is 13.0. The number of unbranched alkanes of at least 4 members (excludes halogenated alkanes) is 22. The molecule has 2 N–H and O–H groups in total. The van der Waals surface area contributed by atoms with Gasteiger partial charge >= 0.3 is 11.9 Å². The van der Waals surface area contributed by atoms with Crippen LogP contribution in [0.2, 0.25) is 0 Å². The van der Waals surface area contributed by atoms with Crippen molar-refractivity contribution < 1.29 is 34.0 Å². The molecule has 0 aromatic carbocycles. The van der Waals surface area contributed by atoms with E-state index in [1.165, 1.54) is 116 Å². The zero-order valence-electron chi connectivity index (χ0n) is 32.0. The SMILES string of the molecule is CCCCCCCC/C=C\CCCCCCCC(=O)OCC(CO)OC(CO)COC(=O)CCCCCCC/C=C\CCCCCCCC.